The summed E-state index contributed by atoms with van der Waals surface area (Å²) in [6.45, 7) is 5.33. The van der Waals surface area contributed by atoms with Crippen molar-refractivity contribution < 1.29 is 52.5 Å². The Morgan fingerprint density at radius 1 is 0.839 bits per heavy atom. The van der Waals surface area contributed by atoms with Gasteiger partial charge in [-0.2, -0.15) is 0 Å². The lowest BCUT2D eigenvalue weighted by Gasteiger charge is -2.41. The maximum absolute atomic E-state index is 12.4. The Kier molecular flexibility index (Phi) is 8.95. The lowest BCUT2D eigenvalue weighted by atomic mass is 9.88. The number of hydrogen-bond donors (Lipinski definition) is 0. The molecule has 12 heteroatoms. The molecular formula is C19H27NO11. The Morgan fingerprint density at radius 2 is 1.42 bits per heavy atom. The topological polar surface area (TPSA) is 152 Å². The van der Waals surface area contributed by atoms with Crippen LogP contribution in [-0.2, 0) is 52.5 Å². The second-order valence-electron chi connectivity index (χ2n) is 6.99. The van der Waals surface area contributed by atoms with E-state index in [2.05, 4.69) is 0 Å². The number of amides is 1. The van der Waals surface area contributed by atoms with Crippen LogP contribution in [0.1, 0.15) is 41.5 Å². The van der Waals surface area contributed by atoms with E-state index in [-0.39, 0.29) is 6.54 Å². The van der Waals surface area contributed by atoms with E-state index in [9.17, 15) is 28.8 Å². The van der Waals surface area contributed by atoms with Gasteiger partial charge in [-0.25, -0.2) is 0 Å². The lowest BCUT2D eigenvalue weighted by Crippen LogP contribution is -2.63. The Labute approximate surface area is 179 Å². The van der Waals surface area contributed by atoms with Crippen LogP contribution in [0.15, 0.2) is 0 Å². The Hall–Kier alpha value is -3.18. The lowest BCUT2D eigenvalue weighted by molar-refractivity contribution is -0.204. The average Bonchev–Trinajstić information content (AvgIpc) is 2.89. The van der Waals surface area contributed by atoms with E-state index >= 15 is 0 Å². The Bertz CT molecular complexity index is 749. The molecule has 0 radical (unpaired) electrons. The number of likely N-dealkylation sites (tertiary alicyclic amines) is 1. The Balaban J connectivity index is 3.66. The summed E-state index contributed by atoms with van der Waals surface area (Å²) in [5, 5.41) is 0. The van der Waals surface area contributed by atoms with E-state index < -0.39 is 72.8 Å². The molecule has 0 bridgehead atoms. The van der Waals surface area contributed by atoms with Gasteiger partial charge in [0.15, 0.2) is 12.2 Å². The van der Waals surface area contributed by atoms with E-state index in [1.54, 1.807) is 0 Å². The average molecular weight is 445 g/mol. The van der Waals surface area contributed by atoms with Crippen molar-refractivity contribution >= 4 is 35.8 Å². The highest BCUT2D eigenvalue weighted by Crippen LogP contribution is 2.39. The van der Waals surface area contributed by atoms with Crippen LogP contribution >= 0.6 is 0 Å². The molecule has 1 saturated heterocycles. The van der Waals surface area contributed by atoms with Crippen molar-refractivity contribution in [2.24, 2.45) is 0 Å². The van der Waals surface area contributed by atoms with Gasteiger partial charge in [0.1, 0.15) is 19.3 Å². The third-order valence-corrected chi connectivity index (χ3v) is 4.41. The summed E-state index contributed by atoms with van der Waals surface area (Å²) >= 11 is 0. The maximum Gasteiger partial charge on any atom is 0.303 e. The van der Waals surface area contributed by atoms with Crippen molar-refractivity contribution in [2.75, 3.05) is 19.8 Å². The number of hydrogen-bond acceptors (Lipinski definition) is 11. The quantitative estimate of drug-likeness (QED) is 0.351. The minimum absolute atomic E-state index is 0.258. The molecule has 0 aromatic carbocycles. The monoisotopic (exact) mass is 445 g/mol. The fourth-order valence-electron chi connectivity index (χ4n) is 3.50. The predicted octanol–water partition coefficient (Wildman–Crippen LogP) is -0.491. The van der Waals surface area contributed by atoms with Gasteiger partial charge >= 0.3 is 29.8 Å². The Morgan fingerprint density at radius 3 is 1.84 bits per heavy atom. The summed E-state index contributed by atoms with van der Waals surface area (Å²) in [6.07, 6.45) is -2.60. The van der Waals surface area contributed by atoms with Gasteiger partial charge in [-0.15, -0.1) is 0 Å². The van der Waals surface area contributed by atoms with Crippen molar-refractivity contribution in [1.82, 2.24) is 4.90 Å². The second kappa shape index (κ2) is 10.7. The van der Waals surface area contributed by atoms with Crippen molar-refractivity contribution in [3.8, 4) is 0 Å². The van der Waals surface area contributed by atoms with E-state index in [0.29, 0.717) is 0 Å². The molecule has 4 atom stereocenters. The molecule has 0 saturated carbocycles. The first kappa shape index (κ1) is 25.9. The molecule has 174 valence electrons. The molecule has 1 heterocycles. The molecule has 0 aromatic heterocycles. The third-order valence-electron chi connectivity index (χ3n) is 4.41. The van der Waals surface area contributed by atoms with Crippen LogP contribution in [0.2, 0.25) is 0 Å². The van der Waals surface area contributed by atoms with Gasteiger partial charge in [-0.1, -0.05) is 0 Å². The molecule has 1 aliphatic heterocycles. The van der Waals surface area contributed by atoms with Crippen LogP contribution in [0.3, 0.4) is 0 Å². The molecule has 0 spiro atoms. The van der Waals surface area contributed by atoms with Crippen molar-refractivity contribution in [2.45, 2.75) is 65.4 Å². The van der Waals surface area contributed by atoms with Gasteiger partial charge < -0.3 is 28.6 Å². The smallest absolute Gasteiger partial charge is 0.303 e. The number of nitrogens with zero attached hydrogens (tertiary/aromatic N) is 1. The highest BCUT2D eigenvalue weighted by atomic mass is 16.6. The van der Waals surface area contributed by atoms with Crippen LogP contribution in [0.4, 0.5) is 0 Å². The number of rotatable bonds is 8. The van der Waals surface area contributed by atoms with Crippen LogP contribution in [0.25, 0.3) is 0 Å². The fourth-order valence-corrected chi connectivity index (χ4v) is 3.50. The van der Waals surface area contributed by atoms with Gasteiger partial charge in [0.05, 0.1) is 6.54 Å². The summed E-state index contributed by atoms with van der Waals surface area (Å²) in [5.41, 5.74) is -1.94. The number of esters is 5. The van der Waals surface area contributed by atoms with Gasteiger partial charge in [0.25, 0.3) is 0 Å². The zero-order chi connectivity index (χ0) is 23.9. The first-order chi connectivity index (χ1) is 14.3. The van der Waals surface area contributed by atoms with E-state index in [0.717, 1.165) is 39.5 Å². The molecule has 1 amide bonds. The van der Waals surface area contributed by atoms with Crippen molar-refractivity contribution in [3.63, 3.8) is 0 Å². The van der Waals surface area contributed by atoms with Crippen LogP contribution in [0.5, 0.6) is 0 Å². The van der Waals surface area contributed by atoms with Crippen LogP contribution in [-0.4, -0.2) is 84.3 Å². The molecule has 0 aromatic rings. The largest absolute Gasteiger partial charge is 0.462 e. The van der Waals surface area contributed by atoms with Gasteiger partial charge in [0.2, 0.25) is 11.5 Å². The summed E-state index contributed by atoms with van der Waals surface area (Å²) in [7, 11) is 0. The zero-order valence-electron chi connectivity index (χ0n) is 18.3. The normalized spacial score (nSPS) is 23.4. The van der Waals surface area contributed by atoms with Crippen LogP contribution < -0.4 is 0 Å². The third kappa shape index (κ3) is 6.93. The SMILES string of the molecule is CC(=O)OC[C@@H](OC(C)=O)[C@@H]1N(C(C)=O)C[C@@H](OC(C)=O)[C@@]1(COC(C)=O)OC(C)=O. The number of carbonyl (C=O) groups is 6. The minimum Gasteiger partial charge on any atom is -0.462 e. The summed E-state index contributed by atoms with van der Waals surface area (Å²) < 4.78 is 26.2. The molecule has 12 nitrogen and oxygen atoms in total. The molecule has 0 aliphatic carbocycles. The minimum atomic E-state index is -1.94. The molecule has 1 fully saturated rings. The molecule has 0 unspecified atom stereocenters. The predicted molar refractivity (Wildman–Crippen MR) is 100 cm³/mol. The standard InChI is InChI=1S/C19H27NO11/c1-10(21)20-7-17(30-14(5)25)19(31-15(6)26,9-28-12(3)23)18(20)16(29-13(4)24)8-27-11(2)22/h16-18H,7-9H2,1-6H3/t16-,17-,18+,19-/m1/s1. The number of carbonyl (C=O) groups excluding carboxylic acids is 6. The van der Waals surface area contributed by atoms with Gasteiger partial charge in [-0.3, -0.25) is 28.8 Å². The van der Waals surface area contributed by atoms with Crippen molar-refractivity contribution in [3.05, 3.63) is 0 Å². The molecular weight excluding hydrogens is 418 g/mol. The summed E-state index contributed by atoms with van der Waals surface area (Å²) in [5.74, 6) is -4.35. The van der Waals surface area contributed by atoms with Crippen molar-refractivity contribution in [1.29, 1.82) is 0 Å². The highest BCUT2D eigenvalue weighted by molar-refractivity contribution is 5.76. The first-order valence-electron chi connectivity index (χ1n) is 9.38. The molecule has 31 heavy (non-hydrogen) atoms. The van der Waals surface area contributed by atoms with Gasteiger partial charge in [-0.05, 0) is 0 Å². The number of ether oxygens (including phenoxy) is 5. The second-order valence-corrected chi connectivity index (χ2v) is 6.99. The fraction of sp³-hybridized carbons (Fsp3) is 0.684. The summed E-state index contributed by atoms with van der Waals surface area (Å²) in [6, 6.07) is -1.30. The molecule has 1 aliphatic rings. The zero-order valence-corrected chi connectivity index (χ0v) is 18.3. The molecule has 1 rings (SSSR count). The summed E-state index contributed by atoms with van der Waals surface area (Å²) in [4.78, 5) is 72.0. The first-order valence-corrected chi connectivity index (χ1v) is 9.38. The van der Waals surface area contributed by atoms with E-state index in [1.807, 2.05) is 0 Å². The molecule has 0 N–H and O–H groups in total. The van der Waals surface area contributed by atoms with Gasteiger partial charge in [0, 0.05) is 41.5 Å². The maximum atomic E-state index is 12.4. The van der Waals surface area contributed by atoms with E-state index in [1.165, 1.54) is 6.92 Å². The highest BCUT2D eigenvalue weighted by Gasteiger charge is 2.64. The van der Waals surface area contributed by atoms with Crippen LogP contribution in [0, 0.1) is 0 Å². The van der Waals surface area contributed by atoms with E-state index in [4.69, 9.17) is 23.7 Å².